The van der Waals surface area contributed by atoms with Gasteiger partial charge in [0, 0.05) is 17.9 Å². The summed E-state index contributed by atoms with van der Waals surface area (Å²) in [4.78, 5) is 42.7. The zero-order valence-corrected chi connectivity index (χ0v) is 23.5. The molecule has 1 aliphatic carbocycles. The third kappa shape index (κ3) is 6.17. The average Bonchev–Trinajstić information content (AvgIpc) is 3.20. The molecule has 3 aromatic rings. The molecule has 3 N–H and O–H groups in total. The summed E-state index contributed by atoms with van der Waals surface area (Å²) in [5.74, 6) is -0.962. The number of hydrogen-bond acceptors (Lipinski definition) is 5. The minimum Gasteiger partial charge on any atom is -1.00 e. The van der Waals surface area contributed by atoms with Crippen molar-refractivity contribution in [3.8, 4) is 11.1 Å². The number of carbonyl (C=O) groups excluding carboxylic acids is 2. The topological polar surface area (TPSA) is 122 Å². The van der Waals surface area contributed by atoms with E-state index in [4.69, 9.17) is 19.3 Å². The maximum absolute atomic E-state index is 13.9. The fourth-order valence-corrected chi connectivity index (χ4v) is 4.85. The Bertz CT molecular complexity index is 1320. The maximum Gasteiger partial charge on any atom is 1.00 e. The van der Waals surface area contributed by atoms with Crippen LogP contribution in [-0.2, 0) is 30.9 Å². The van der Waals surface area contributed by atoms with E-state index in [1.165, 1.54) is 12.1 Å². The van der Waals surface area contributed by atoms with E-state index in [0.29, 0.717) is 5.56 Å². The molecule has 0 aliphatic heterocycles. The van der Waals surface area contributed by atoms with Crippen LogP contribution >= 0.6 is 7.60 Å². The first kappa shape index (κ1) is 30.0. The molecule has 0 heterocycles. The summed E-state index contributed by atoms with van der Waals surface area (Å²) in [5.41, 5.74) is -0.711. The third-order valence-electron chi connectivity index (χ3n) is 6.23. The van der Waals surface area contributed by atoms with Crippen LogP contribution in [0.3, 0.4) is 0 Å². The number of methoxy groups -OCH3 is 1. The Morgan fingerprint density at radius 3 is 2.03 bits per heavy atom. The Hall–Kier alpha value is -2.59. The van der Waals surface area contributed by atoms with Crippen molar-refractivity contribution in [2.24, 2.45) is 0 Å². The number of benzene rings is 3. The van der Waals surface area contributed by atoms with Crippen LogP contribution in [0.5, 0.6) is 0 Å². The van der Waals surface area contributed by atoms with Gasteiger partial charge in [-0.25, -0.2) is 9.59 Å². The summed E-state index contributed by atoms with van der Waals surface area (Å²) in [5, 5.41) is 2.45. The van der Waals surface area contributed by atoms with Gasteiger partial charge in [-0.05, 0) is 27.8 Å². The second kappa shape index (κ2) is 12.1. The van der Waals surface area contributed by atoms with E-state index in [1.807, 2.05) is 48.5 Å². The minimum atomic E-state index is -5.71. The molecular formula is C26H25F2NNaO7P. The van der Waals surface area contributed by atoms with Gasteiger partial charge < -0.3 is 26.0 Å². The standard InChI is InChI=1S/C26H24F2NO7P.Na.H/c1-35-24(30)23(14-16-10-12-17(13-11-16)26(27,28)37(32,33)34)29-25(31)36-15-22-20-8-4-2-6-18(20)19-7-3-5-9-21(19)22;;/h2-13,22-23H,14-15H2,1H3,(H,29,31)(H2,32,33,34);;/q;+1;-1/t23-;;/m0../s1. The van der Waals surface area contributed by atoms with Gasteiger partial charge in [-0.1, -0.05) is 72.8 Å². The van der Waals surface area contributed by atoms with Crippen molar-refractivity contribution in [2.75, 3.05) is 13.7 Å². The molecule has 38 heavy (non-hydrogen) atoms. The first-order valence-electron chi connectivity index (χ1n) is 11.2. The smallest absolute Gasteiger partial charge is 1.00 e. The van der Waals surface area contributed by atoms with E-state index in [-0.39, 0.29) is 49.9 Å². The number of nitrogens with one attached hydrogen (secondary N) is 1. The fraction of sp³-hybridized carbons (Fsp3) is 0.231. The molecule has 0 saturated heterocycles. The summed E-state index contributed by atoms with van der Waals surface area (Å²) in [6.07, 6.45) is -0.986. The average molecular weight is 555 g/mol. The number of esters is 1. The van der Waals surface area contributed by atoms with E-state index in [2.05, 4.69) is 5.32 Å². The van der Waals surface area contributed by atoms with Crippen molar-refractivity contribution in [3.63, 3.8) is 0 Å². The van der Waals surface area contributed by atoms with Crippen LogP contribution in [-0.4, -0.2) is 41.6 Å². The molecule has 1 amide bonds. The predicted octanol–water partition coefficient (Wildman–Crippen LogP) is 1.65. The number of halogens is 2. The summed E-state index contributed by atoms with van der Waals surface area (Å²) in [6.45, 7) is 0.0277. The monoisotopic (exact) mass is 555 g/mol. The van der Waals surface area contributed by atoms with Crippen LogP contribution in [0.2, 0.25) is 0 Å². The van der Waals surface area contributed by atoms with Gasteiger partial charge in [0.2, 0.25) is 0 Å². The van der Waals surface area contributed by atoms with Crippen molar-refractivity contribution < 1.29 is 73.2 Å². The summed E-state index contributed by atoms with van der Waals surface area (Å²) < 4.78 is 49.1. The van der Waals surface area contributed by atoms with Gasteiger partial charge in [0.1, 0.15) is 12.6 Å². The van der Waals surface area contributed by atoms with Crippen LogP contribution in [0.25, 0.3) is 11.1 Å². The first-order valence-corrected chi connectivity index (χ1v) is 12.9. The molecule has 1 aliphatic rings. The van der Waals surface area contributed by atoms with E-state index in [0.717, 1.165) is 41.5 Å². The number of amides is 1. The number of fused-ring (bicyclic) bond motifs is 3. The van der Waals surface area contributed by atoms with Crippen molar-refractivity contribution in [1.82, 2.24) is 5.32 Å². The number of carbonyl (C=O) groups is 2. The summed E-state index contributed by atoms with van der Waals surface area (Å²) in [6, 6.07) is 18.5. The molecule has 0 bridgehead atoms. The van der Waals surface area contributed by atoms with E-state index >= 15 is 0 Å². The first-order chi connectivity index (χ1) is 17.5. The van der Waals surface area contributed by atoms with Gasteiger partial charge in [0.25, 0.3) is 0 Å². The van der Waals surface area contributed by atoms with Crippen molar-refractivity contribution in [1.29, 1.82) is 0 Å². The van der Waals surface area contributed by atoms with Crippen LogP contribution in [0.1, 0.15) is 29.6 Å². The number of rotatable bonds is 8. The second-order valence-corrected chi connectivity index (χ2v) is 10.2. The Morgan fingerprint density at radius 2 is 1.53 bits per heavy atom. The molecule has 0 spiro atoms. The molecular weight excluding hydrogens is 530 g/mol. The summed E-state index contributed by atoms with van der Waals surface area (Å²) >= 11 is 0. The molecule has 8 nitrogen and oxygen atoms in total. The second-order valence-electron chi connectivity index (χ2n) is 8.53. The Labute approximate surface area is 241 Å². The molecule has 1 atom stereocenters. The van der Waals surface area contributed by atoms with Crippen molar-refractivity contribution >= 4 is 19.7 Å². The summed E-state index contributed by atoms with van der Waals surface area (Å²) in [7, 11) is -4.57. The quantitative estimate of drug-likeness (QED) is 0.220. The van der Waals surface area contributed by atoms with Crippen LogP contribution in [0, 0.1) is 0 Å². The van der Waals surface area contributed by atoms with Gasteiger partial charge in [-0.15, -0.1) is 0 Å². The SMILES string of the molecule is COC(=O)[C@H](Cc1ccc(C(F)(F)P(=O)(O)O)cc1)NC(=O)OCC1c2ccccc2-c2ccccc21.[H-].[Na+]. The van der Waals surface area contributed by atoms with Crippen LogP contribution < -0.4 is 34.9 Å². The maximum atomic E-state index is 13.9. The molecule has 12 heteroatoms. The molecule has 0 aromatic heterocycles. The zero-order valence-electron chi connectivity index (χ0n) is 21.6. The Morgan fingerprint density at radius 1 is 1.00 bits per heavy atom. The molecule has 3 aromatic carbocycles. The fourth-order valence-electron chi connectivity index (χ4n) is 4.36. The number of alkyl carbamates (subject to hydrolysis) is 1. The molecule has 0 fully saturated rings. The zero-order chi connectivity index (χ0) is 26.8. The largest absolute Gasteiger partial charge is 1.00 e. The number of ether oxygens (including phenoxy) is 2. The molecule has 0 radical (unpaired) electrons. The van der Waals surface area contributed by atoms with E-state index < -0.39 is 36.9 Å². The molecule has 196 valence electrons. The van der Waals surface area contributed by atoms with Gasteiger partial charge >= 0.3 is 54.9 Å². The number of hydrogen-bond donors (Lipinski definition) is 3. The molecule has 4 rings (SSSR count). The Balaban J connectivity index is 0.00000267. The molecule has 0 unspecified atom stereocenters. The molecule has 0 saturated carbocycles. The van der Waals surface area contributed by atoms with E-state index in [9.17, 15) is 22.9 Å². The minimum absolute atomic E-state index is 0. The van der Waals surface area contributed by atoms with Gasteiger partial charge in [-0.2, -0.15) is 8.78 Å². The van der Waals surface area contributed by atoms with Crippen LogP contribution in [0.4, 0.5) is 13.6 Å². The number of alkyl halides is 2. The normalized spacial score (nSPS) is 13.5. The predicted molar refractivity (Wildman–Crippen MR) is 131 cm³/mol. The van der Waals surface area contributed by atoms with Crippen molar-refractivity contribution in [2.45, 2.75) is 24.0 Å². The van der Waals surface area contributed by atoms with Gasteiger partial charge in [-0.3, -0.25) is 4.57 Å². The van der Waals surface area contributed by atoms with Gasteiger partial charge in [0.15, 0.2) is 0 Å². The third-order valence-corrected chi connectivity index (χ3v) is 7.22. The van der Waals surface area contributed by atoms with Crippen molar-refractivity contribution in [3.05, 3.63) is 95.1 Å². The van der Waals surface area contributed by atoms with Crippen LogP contribution in [0.15, 0.2) is 72.8 Å². The van der Waals surface area contributed by atoms with Gasteiger partial charge in [0.05, 0.1) is 7.11 Å². The Kier molecular flexibility index (Phi) is 9.52. The van der Waals surface area contributed by atoms with E-state index in [1.54, 1.807) is 0 Å².